The number of amides is 1. The minimum atomic E-state index is -0.518. The summed E-state index contributed by atoms with van der Waals surface area (Å²) >= 11 is 0. The van der Waals surface area contributed by atoms with Crippen LogP contribution in [-0.4, -0.2) is 31.8 Å². The number of carbonyl (C=O) groups is 1. The zero-order valence-corrected chi connectivity index (χ0v) is 17.3. The van der Waals surface area contributed by atoms with E-state index in [0.29, 0.717) is 6.54 Å². The van der Waals surface area contributed by atoms with Crippen molar-refractivity contribution in [3.05, 3.63) is 65.2 Å². The fraction of sp³-hybridized carbons (Fsp3) is 0.480. The Hall–Kier alpha value is -2.33. The minimum Gasteiger partial charge on any atom is -0.481 e. The quantitative estimate of drug-likeness (QED) is 0.800. The van der Waals surface area contributed by atoms with E-state index >= 15 is 0 Å². The largest absolute Gasteiger partial charge is 0.481 e. The van der Waals surface area contributed by atoms with Crippen LogP contribution in [0, 0.1) is 0 Å². The second kappa shape index (κ2) is 9.00. The Morgan fingerprint density at radius 3 is 2.62 bits per heavy atom. The highest BCUT2D eigenvalue weighted by Crippen LogP contribution is 2.34. The molecule has 1 amide bonds. The third kappa shape index (κ3) is 4.48. The first-order chi connectivity index (χ1) is 14.2. The van der Waals surface area contributed by atoms with Gasteiger partial charge < -0.3 is 14.8 Å². The van der Waals surface area contributed by atoms with E-state index in [1.165, 1.54) is 29.5 Å². The van der Waals surface area contributed by atoms with Crippen molar-refractivity contribution in [1.29, 1.82) is 0 Å². The number of rotatable bonds is 6. The lowest BCUT2D eigenvalue weighted by Gasteiger charge is -2.38. The maximum atomic E-state index is 12.9. The van der Waals surface area contributed by atoms with E-state index in [1.54, 1.807) is 0 Å². The maximum Gasteiger partial charge on any atom is 0.260 e. The first-order valence-electron chi connectivity index (χ1n) is 10.9. The zero-order chi connectivity index (χ0) is 20.1. The van der Waals surface area contributed by atoms with Crippen LogP contribution >= 0.6 is 0 Å². The Bertz CT molecular complexity index is 827. The first-order valence-corrected chi connectivity index (χ1v) is 10.9. The van der Waals surface area contributed by atoms with Crippen LogP contribution in [0.25, 0.3) is 0 Å². The van der Waals surface area contributed by atoms with Gasteiger partial charge in [-0.2, -0.15) is 0 Å². The number of hydrogen-bond donors (Lipinski definition) is 1. The lowest BCUT2D eigenvalue weighted by Crippen LogP contribution is -2.47. The van der Waals surface area contributed by atoms with Gasteiger partial charge in [0.15, 0.2) is 6.10 Å². The number of carbonyl (C=O) groups excluding carboxylic acids is 1. The molecule has 4 heteroatoms. The number of ether oxygens (including phenoxy) is 2. The van der Waals surface area contributed by atoms with Crippen LogP contribution in [0.2, 0.25) is 0 Å². The molecule has 4 nitrogen and oxygen atoms in total. The predicted octanol–water partition coefficient (Wildman–Crippen LogP) is 4.20. The molecule has 2 aromatic rings. The van der Waals surface area contributed by atoms with E-state index in [9.17, 15) is 4.79 Å². The molecule has 2 aliphatic rings. The van der Waals surface area contributed by atoms with Crippen molar-refractivity contribution in [2.24, 2.45) is 0 Å². The van der Waals surface area contributed by atoms with Crippen LogP contribution in [-0.2, 0) is 27.8 Å². The molecule has 2 aromatic carbocycles. The number of aryl methyl sites for hydroxylation is 1. The van der Waals surface area contributed by atoms with Crippen molar-refractivity contribution in [2.45, 2.75) is 57.0 Å². The summed E-state index contributed by atoms with van der Waals surface area (Å²) in [5.74, 6) is 0.814. The van der Waals surface area contributed by atoms with Gasteiger partial charge in [0.25, 0.3) is 5.91 Å². The van der Waals surface area contributed by atoms with Crippen LogP contribution < -0.4 is 10.1 Å². The van der Waals surface area contributed by atoms with Gasteiger partial charge in [0.2, 0.25) is 0 Å². The van der Waals surface area contributed by atoms with Gasteiger partial charge >= 0.3 is 0 Å². The molecule has 1 N–H and O–H groups in total. The molecule has 0 saturated carbocycles. The van der Waals surface area contributed by atoms with Crippen LogP contribution in [0.15, 0.2) is 48.5 Å². The van der Waals surface area contributed by atoms with Crippen molar-refractivity contribution >= 4 is 5.91 Å². The Kier molecular flexibility index (Phi) is 6.19. The van der Waals surface area contributed by atoms with E-state index in [4.69, 9.17) is 9.47 Å². The SMILES string of the molecule is CC(Oc1cccc2c1CCCC2)C(=O)NCC1(c2ccccc2)CCOCC1. The summed E-state index contributed by atoms with van der Waals surface area (Å²) in [4.78, 5) is 12.9. The summed E-state index contributed by atoms with van der Waals surface area (Å²) in [6.07, 6.45) is 5.88. The topological polar surface area (TPSA) is 47.6 Å². The molecule has 1 aliphatic heterocycles. The molecule has 0 aromatic heterocycles. The van der Waals surface area contributed by atoms with E-state index in [-0.39, 0.29) is 11.3 Å². The van der Waals surface area contributed by atoms with E-state index in [2.05, 4.69) is 35.6 Å². The van der Waals surface area contributed by atoms with Gasteiger partial charge in [0.05, 0.1) is 0 Å². The van der Waals surface area contributed by atoms with Gasteiger partial charge in [-0.15, -0.1) is 0 Å². The third-order valence-electron chi connectivity index (χ3n) is 6.46. The van der Waals surface area contributed by atoms with Crippen molar-refractivity contribution < 1.29 is 14.3 Å². The molecule has 1 aliphatic carbocycles. The standard InChI is InChI=1S/C25H31NO3/c1-19(29-23-13-7-9-20-8-5-6-12-22(20)23)24(27)26-18-25(14-16-28-17-15-25)21-10-3-2-4-11-21/h2-4,7,9-11,13,19H,5-6,8,12,14-18H2,1H3,(H,26,27). The maximum absolute atomic E-state index is 12.9. The lowest BCUT2D eigenvalue weighted by atomic mass is 9.74. The van der Waals surface area contributed by atoms with Gasteiger partial charge in [-0.1, -0.05) is 42.5 Å². The number of nitrogens with one attached hydrogen (secondary N) is 1. The smallest absolute Gasteiger partial charge is 0.260 e. The number of hydrogen-bond acceptors (Lipinski definition) is 3. The van der Waals surface area contributed by atoms with Crippen LogP contribution in [0.5, 0.6) is 5.75 Å². The fourth-order valence-corrected chi connectivity index (χ4v) is 4.62. The summed E-state index contributed by atoms with van der Waals surface area (Å²) in [6.45, 7) is 3.91. The van der Waals surface area contributed by atoms with E-state index in [0.717, 1.165) is 44.6 Å². The Balaban J connectivity index is 1.42. The third-order valence-corrected chi connectivity index (χ3v) is 6.46. The van der Waals surface area contributed by atoms with E-state index in [1.807, 2.05) is 25.1 Å². The number of benzene rings is 2. The highest BCUT2D eigenvalue weighted by molar-refractivity contribution is 5.80. The molecule has 1 atom stereocenters. The highest BCUT2D eigenvalue weighted by atomic mass is 16.5. The van der Waals surface area contributed by atoms with Gasteiger partial charge in [-0.3, -0.25) is 4.79 Å². The molecule has 0 radical (unpaired) electrons. The zero-order valence-electron chi connectivity index (χ0n) is 17.3. The number of fused-ring (bicyclic) bond motifs is 1. The van der Waals surface area contributed by atoms with Gasteiger partial charge in [0, 0.05) is 25.2 Å². The first kappa shape index (κ1) is 20.0. The molecule has 0 bridgehead atoms. The monoisotopic (exact) mass is 393 g/mol. The van der Waals surface area contributed by atoms with Gasteiger partial charge in [-0.05, 0) is 68.2 Å². The second-order valence-electron chi connectivity index (χ2n) is 8.34. The van der Waals surface area contributed by atoms with Crippen molar-refractivity contribution in [1.82, 2.24) is 5.32 Å². The molecule has 0 spiro atoms. The summed E-state index contributed by atoms with van der Waals surface area (Å²) in [5.41, 5.74) is 3.85. The van der Waals surface area contributed by atoms with Crippen LogP contribution in [0.1, 0.15) is 49.3 Å². The lowest BCUT2D eigenvalue weighted by molar-refractivity contribution is -0.127. The predicted molar refractivity (Wildman–Crippen MR) is 114 cm³/mol. The van der Waals surface area contributed by atoms with Crippen LogP contribution in [0.3, 0.4) is 0 Å². The normalized spacial score (nSPS) is 19.1. The molecule has 1 saturated heterocycles. The molecular formula is C25H31NO3. The molecule has 154 valence electrons. The van der Waals surface area contributed by atoms with Gasteiger partial charge in [0.1, 0.15) is 5.75 Å². The minimum absolute atomic E-state index is 0.0554. The molecule has 1 fully saturated rings. The Labute approximate surface area is 173 Å². The highest BCUT2D eigenvalue weighted by Gasteiger charge is 2.35. The summed E-state index contributed by atoms with van der Waals surface area (Å²) in [5, 5.41) is 3.17. The molecule has 29 heavy (non-hydrogen) atoms. The molecule has 1 heterocycles. The van der Waals surface area contributed by atoms with Crippen molar-refractivity contribution in [2.75, 3.05) is 19.8 Å². The Morgan fingerprint density at radius 1 is 1.07 bits per heavy atom. The summed E-state index contributed by atoms with van der Waals surface area (Å²) in [7, 11) is 0. The molecule has 4 rings (SSSR count). The van der Waals surface area contributed by atoms with Crippen LogP contribution in [0.4, 0.5) is 0 Å². The average Bonchev–Trinajstić information content (AvgIpc) is 2.79. The second-order valence-corrected chi connectivity index (χ2v) is 8.34. The van der Waals surface area contributed by atoms with Crippen molar-refractivity contribution in [3.8, 4) is 5.75 Å². The van der Waals surface area contributed by atoms with Crippen molar-refractivity contribution in [3.63, 3.8) is 0 Å². The van der Waals surface area contributed by atoms with Gasteiger partial charge in [-0.25, -0.2) is 0 Å². The Morgan fingerprint density at radius 2 is 1.83 bits per heavy atom. The summed E-state index contributed by atoms with van der Waals surface area (Å²) in [6, 6.07) is 16.7. The van der Waals surface area contributed by atoms with E-state index < -0.39 is 6.10 Å². The molecule has 1 unspecified atom stereocenters. The molecular weight excluding hydrogens is 362 g/mol. The fourth-order valence-electron chi connectivity index (χ4n) is 4.62. The summed E-state index contributed by atoms with van der Waals surface area (Å²) < 4.78 is 11.7. The average molecular weight is 394 g/mol.